The van der Waals surface area contributed by atoms with E-state index >= 15 is 0 Å². The monoisotopic (exact) mass is 689 g/mol. The molecule has 54 heavy (non-hydrogen) atoms. The number of benzene rings is 9. The van der Waals surface area contributed by atoms with Crippen molar-refractivity contribution in [1.29, 1.82) is 0 Å². The van der Waals surface area contributed by atoms with Crippen LogP contribution >= 0.6 is 0 Å². The van der Waals surface area contributed by atoms with Crippen molar-refractivity contribution in [3.63, 3.8) is 0 Å². The van der Waals surface area contributed by atoms with Crippen LogP contribution in [0.15, 0.2) is 217 Å². The maximum atomic E-state index is 6.83. The third kappa shape index (κ3) is 5.62. The van der Waals surface area contributed by atoms with Crippen molar-refractivity contribution in [2.24, 2.45) is 0 Å². The van der Waals surface area contributed by atoms with E-state index in [0.29, 0.717) is 0 Å². The molecule has 0 spiro atoms. The molecule has 0 unspecified atom stereocenters. The van der Waals surface area contributed by atoms with Crippen LogP contribution in [-0.2, 0) is 0 Å². The lowest BCUT2D eigenvalue weighted by atomic mass is 9.96. The summed E-state index contributed by atoms with van der Waals surface area (Å²) in [5, 5.41) is 6.04. The van der Waals surface area contributed by atoms with Crippen molar-refractivity contribution in [3.05, 3.63) is 212 Å². The summed E-state index contributed by atoms with van der Waals surface area (Å²) >= 11 is 0. The number of anilines is 3. The van der Waals surface area contributed by atoms with Crippen LogP contribution in [0.25, 0.3) is 77.2 Å². The summed E-state index contributed by atoms with van der Waals surface area (Å²) in [4.78, 5) is 2.37. The van der Waals surface area contributed by atoms with Crippen LogP contribution in [0.2, 0.25) is 0 Å². The quantitative estimate of drug-likeness (QED) is 0.166. The predicted molar refractivity (Wildman–Crippen MR) is 228 cm³/mol. The second-order valence-electron chi connectivity index (χ2n) is 13.7. The molecule has 0 bridgehead atoms. The second-order valence-corrected chi connectivity index (χ2v) is 13.7. The van der Waals surface area contributed by atoms with Gasteiger partial charge in [-0.3, -0.25) is 0 Å². The van der Waals surface area contributed by atoms with E-state index in [2.05, 4.69) is 211 Å². The molecule has 0 aliphatic heterocycles. The fourth-order valence-corrected chi connectivity index (χ4v) is 7.88. The molecule has 0 N–H and O–H groups in total. The molecule has 0 saturated carbocycles. The summed E-state index contributed by atoms with van der Waals surface area (Å²) in [5.41, 5.74) is 12.0. The van der Waals surface area contributed by atoms with Crippen LogP contribution in [0.5, 0.6) is 0 Å². The lowest BCUT2D eigenvalue weighted by Crippen LogP contribution is -2.11. The molecule has 0 atom stereocenters. The van der Waals surface area contributed by atoms with Gasteiger partial charge in [0.2, 0.25) is 0 Å². The Morgan fingerprint density at radius 1 is 0.333 bits per heavy atom. The molecular weight excluding hydrogens is 655 g/mol. The Balaban J connectivity index is 1.17. The van der Waals surface area contributed by atoms with Crippen LogP contribution in [0, 0.1) is 0 Å². The van der Waals surface area contributed by atoms with Crippen LogP contribution in [-0.4, -0.2) is 0 Å². The van der Waals surface area contributed by atoms with Crippen molar-refractivity contribution < 1.29 is 4.42 Å². The van der Waals surface area contributed by atoms with E-state index in [0.717, 1.165) is 56.0 Å². The Kier molecular flexibility index (Phi) is 7.85. The van der Waals surface area contributed by atoms with Gasteiger partial charge in [0.15, 0.2) is 0 Å². The normalized spacial score (nSPS) is 11.3. The highest BCUT2D eigenvalue weighted by molar-refractivity contribution is 6.04. The molecular formula is C52H35NO. The van der Waals surface area contributed by atoms with Gasteiger partial charge in [-0.2, -0.15) is 0 Å². The number of fused-ring (bicyclic) bond motifs is 3. The molecule has 0 fully saturated rings. The fraction of sp³-hybridized carbons (Fsp3) is 0. The molecule has 2 heteroatoms. The van der Waals surface area contributed by atoms with Gasteiger partial charge in [-0.15, -0.1) is 0 Å². The first-order valence-corrected chi connectivity index (χ1v) is 18.4. The highest BCUT2D eigenvalue weighted by atomic mass is 16.3. The zero-order valence-corrected chi connectivity index (χ0v) is 29.6. The van der Waals surface area contributed by atoms with Crippen molar-refractivity contribution in [2.45, 2.75) is 0 Å². The van der Waals surface area contributed by atoms with E-state index in [9.17, 15) is 0 Å². The second kappa shape index (κ2) is 13.4. The van der Waals surface area contributed by atoms with Gasteiger partial charge in [0.25, 0.3) is 0 Å². The Morgan fingerprint density at radius 3 is 1.83 bits per heavy atom. The van der Waals surface area contributed by atoms with Gasteiger partial charge in [0.1, 0.15) is 11.3 Å². The van der Waals surface area contributed by atoms with Crippen LogP contribution in [0.1, 0.15) is 0 Å². The minimum atomic E-state index is 0.848. The number of rotatable bonds is 7. The molecule has 2 nitrogen and oxygen atoms in total. The minimum absolute atomic E-state index is 0.848. The largest absolute Gasteiger partial charge is 0.455 e. The van der Waals surface area contributed by atoms with Crippen LogP contribution in [0.3, 0.4) is 0 Å². The number of para-hydroxylation sites is 2. The smallest absolute Gasteiger partial charge is 0.145 e. The van der Waals surface area contributed by atoms with E-state index in [1.807, 2.05) is 6.07 Å². The number of hydrogen-bond donors (Lipinski definition) is 0. The molecule has 1 aromatic heterocycles. The maximum absolute atomic E-state index is 6.83. The minimum Gasteiger partial charge on any atom is -0.455 e. The average molecular weight is 690 g/mol. The van der Waals surface area contributed by atoms with E-state index in [-0.39, 0.29) is 0 Å². The maximum Gasteiger partial charge on any atom is 0.145 e. The molecule has 0 amide bonds. The number of hydrogen-bond acceptors (Lipinski definition) is 2. The molecule has 10 aromatic rings. The van der Waals surface area contributed by atoms with Gasteiger partial charge in [-0.05, 0) is 97.9 Å². The highest BCUT2D eigenvalue weighted by Crippen LogP contribution is 2.47. The van der Waals surface area contributed by atoms with E-state index in [1.54, 1.807) is 0 Å². The van der Waals surface area contributed by atoms with Crippen LogP contribution in [0.4, 0.5) is 17.1 Å². The highest BCUT2D eigenvalue weighted by Gasteiger charge is 2.24. The first kappa shape index (κ1) is 31.6. The van der Waals surface area contributed by atoms with Gasteiger partial charge >= 0.3 is 0 Å². The van der Waals surface area contributed by atoms with Crippen molar-refractivity contribution in [1.82, 2.24) is 0 Å². The molecule has 1 heterocycles. The summed E-state index contributed by atoms with van der Waals surface area (Å²) in [7, 11) is 0. The van der Waals surface area contributed by atoms with Gasteiger partial charge in [-0.1, -0.05) is 164 Å². The molecule has 10 rings (SSSR count). The first-order valence-electron chi connectivity index (χ1n) is 18.4. The van der Waals surface area contributed by atoms with Crippen molar-refractivity contribution in [2.75, 3.05) is 4.90 Å². The van der Waals surface area contributed by atoms with E-state index < -0.39 is 0 Å². The average Bonchev–Trinajstić information content (AvgIpc) is 3.64. The molecule has 0 aliphatic rings. The predicted octanol–water partition coefficient (Wildman–Crippen LogP) is 14.9. The Labute approximate surface area is 314 Å². The first-order chi connectivity index (χ1) is 26.8. The Morgan fingerprint density at radius 2 is 0.963 bits per heavy atom. The Bertz CT molecular complexity index is 2930. The molecule has 0 radical (unpaired) electrons. The molecule has 9 aromatic carbocycles. The van der Waals surface area contributed by atoms with Gasteiger partial charge in [0, 0.05) is 27.9 Å². The SMILES string of the molecule is c1ccc(-c2c(-c3ccccc3N(c3ccc(-c4ccc5ccccc5c4)cc3)c3cccc(-c4cccc5ccccc45)c3)oc3ccccc23)cc1. The summed E-state index contributed by atoms with van der Waals surface area (Å²) in [6.45, 7) is 0. The topological polar surface area (TPSA) is 16.4 Å². The van der Waals surface area contributed by atoms with Gasteiger partial charge < -0.3 is 9.32 Å². The number of furan rings is 1. The lowest BCUT2D eigenvalue weighted by molar-refractivity contribution is 0.632. The van der Waals surface area contributed by atoms with E-state index in [1.165, 1.54) is 38.2 Å². The van der Waals surface area contributed by atoms with Crippen molar-refractivity contribution in [3.8, 4) is 44.7 Å². The number of nitrogens with zero attached hydrogens (tertiary/aromatic N) is 1. The van der Waals surface area contributed by atoms with Gasteiger partial charge in [0.05, 0.1) is 5.69 Å². The lowest BCUT2D eigenvalue weighted by Gasteiger charge is -2.28. The summed E-state index contributed by atoms with van der Waals surface area (Å²) in [6.07, 6.45) is 0. The molecule has 0 aliphatic carbocycles. The summed E-state index contributed by atoms with van der Waals surface area (Å²) < 4.78 is 6.83. The third-order valence-electron chi connectivity index (χ3n) is 10.5. The molecule has 254 valence electrons. The Hall–Kier alpha value is -7.16. The molecule has 0 saturated heterocycles. The zero-order valence-electron chi connectivity index (χ0n) is 29.6. The van der Waals surface area contributed by atoms with E-state index in [4.69, 9.17) is 4.42 Å². The van der Waals surface area contributed by atoms with Gasteiger partial charge in [-0.25, -0.2) is 0 Å². The summed E-state index contributed by atoms with van der Waals surface area (Å²) in [6, 6.07) is 75.8. The third-order valence-corrected chi connectivity index (χ3v) is 10.5. The summed E-state index contributed by atoms with van der Waals surface area (Å²) in [5.74, 6) is 0.848. The van der Waals surface area contributed by atoms with Crippen molar-refractivity contribution >= 4 is 49.6 Å². The zero-order chi connectivity index (χ0) is 35.8. The fourth-order valence-electron chi connectivity index (χ4n) is 7.88. The standard InChI is InChI=1S/C52H35NO/c1-2-16-39(17-3-1)51-48-24-9-11-27-50(48)54-52(51)47-23-8-10-26-49(47)53(43-32-30-37(31-33-43)41-29-28-36-14-4-5-18-40(36)34-41)44-21-12-20-42(35-44)46-25-13-19-38-15-6-7-22-45(38)46/h1-35H. The van der Waals surface area contributed by atoms with Crippen LogP contribution < -0.4 is 4.90 Å².